The molecule has 0 radical (unpaired) electrons. The summed E-state index contributed by atoms with van der Waals surface area (Å²) in [6, 6.07) is 5.78. The Kier molecular flexibility index (Phi) is 4.59. The van der Waals surface area contributed by atoms with Crippen molar-refractivity contribution in [1.82, 2.24) is 25.1 Å². The Labute approximate surface area is 167 Å². The summed E-state index contributed by atoms with van der Waals surface area (Å²) in [7, 11) is 0. The molecule has 1 saturated carbocycles. The predicted molar refractivity (Wildman–Crippen MR) is 105 cm³/mol. The first kappa shape index (κ1) is 17.7. The van der Waals surface area contributed by atoms with Crippen molar-refractivity contribution in [2.45, 2.75) is 37.8 Å². The molecule has 1 amide bonds. The summed E-state index contributed by atoms with van der Waals surface area (Å²) in [4.78, 5) is 21.0. The van der Waals surface area contributed by atoms with Crippen LogP contribution in [0.5, 0.6) is 11.5 Å². The number of rotatable bonds is 4. The van der Waals surface area contributed by atoms with Crippen LogP contribution in [0.25, 0.3) is 11.3 Å². The van der Waals surface area contributed by atoms with Gasteiger partial charge < -0.3 is 14.8 Å². The molecule has 29 heavy (non-hydrogen) atoms. The monoisotopic (exact) mass is 391 g/mol. The molecule has 0 bridgehead atoms. The molecule has 1 N–H and O–H groups in total. The van der Waals surface area contributed by atoms with E-state index in [0.29, 0.717) is 23.1 Å². The number of nitrogens with zero attached hydrogens (tertiary/aromatic N) is 4. The zero-order valence-electron chi connectivity index (χ0n) is 15.8. The van der Waals surface area contributed by atoms with Crippen molar-refractivity contribution in [3.8, 4) is 22.8 Å². The lowest BCUT2D eigenvalue weighted by atomic mass is 9.91. The molecule has 148 valence electrons. The fourth-order valence-electron chi connectivity index (χ4n) is 3.91. The van der Waals surface area contributed by atoms with Gasteiger partial charge in [-0.3, -0.25) is 19.4 Å². The third kappa shape index (κ3) is 3.65. The van der Waals surface area contributed by atoms with Crippen molar-refractivity contribution in [2.24, 2.45) is 0 Å². The molecule has 3 heterocycles. The van der Waals surface area contributed by atoms with Gasteiger partial charge >= 0.3 is 0 Å². The number of benzene rings is 1. The summed E-state index contributed by atoms with van der Waals surface area (Å²) in [5.41, 5.74) is 2.39. The first-order valence-electron chi connectivity index (χ1n) is 9.77. The molecule has 8 nitrogen and oxygen atoms in total. The maximum Gasteiger partial charge on any atom is 0.251 e. The lowest BCUT2D eigenvalue weighted by Crippen LogP contribution is -2.38. The lowest BCUT2D eigenvalue weighted by Gasteiger charge is -2.29. The number of amides is 1. The van der Waals surface area contributed by atoms with Crippen molar-refractivity contribution in [3.63, 3.8) is 0 Å². The highest BCUT2D eigenvalue weighted by molar-refractivity contribution is 5.95. The van der Waals surface area contributed by atoms with Gasteiger partial charge in [-0.1, -0.05) is 0 Å². The maximum atomic E-state index is 12.6. The average Bonchev–Trinajstić information content (AvgIpc) is 3.44. The average molecular weight is 391 g/mol. The van der Waals surface area contributed by atoms with E-state index in [4.69, 9.17) is 9.47 Å². The zero-order chi connectivity index (χ0) is 19.6. The van der Waals surface area contributed by atoms with Crippen LogP contribution < -0.4 is 14.8 Å². The van der Waals surface area contributed by atoms with Gasteiger partial charge in [0.25, 0.3) is 5.91 Å². The molecule has 8 heteroatoms. The molecule has 1 aliphatic carbocycles. The minimum atomic E-state index is -0.0734. The van der Waals surface area contributed by atoms with Crippen molar-refractivity contribution in [1.29, 1.82) is 0 Å². The molecule has 0 atom stereocenters. The summed E-state index contributed by atoms with van der Waals surface area (Å²) in [6.45, 7) is 0.205. The Balaban J connectivity index is 1.18. The quantitative estimate of drug-likeness (QED) is 0.735. The number of carbonyl (C=O) groups is 1. The minimum absolute atomic E-state index is 0.0734. The van der Waals surface area contributed by atoms with E-state index in [0.717, 1.165) is 36.9 Å². The van der Waals surface area contributed by atoms with Crippen LogP contribution >= 0.6 is 0 Å². The zero-order valence-corrected chi connectivity index (χ0v) is 15.8. The largest absolute Gasteiger partial charge is 0.454 e. The third-order valence-corrected chi connectivity index (χ3v) is 5.50. The molecule has 0 saturated heterocycles. The van der Waals surface area contributed by atoms with E-state index >= 15 is 0 Å². The van der Waals surface area contributed by atoms with Gasteiger partial charge in [0, 0.05) is 35.8 Å². The second-order valence-corrected chi connectivity index (χ2v) is 7.35. The standard InChI is InChI=1S/C21H21N5O3/c27-21(14-1-6-19-20(9-14)29-13-28-19)25-16-2-4-17(5-3-16)26-12-15(10-24-26)18-11-22-7-8-23-18/h1,6-12,16-17H,2-5,13H2,(H,25,27). The second-order valence-electron chi connectivity index (χ2n) is 7.35. The van der Waals surface area contributed by atoms with Crippen LogP contribution in [-0.4, -0.2) is 38.5 Å². The Morgan fingerprint density at radius 3 is 2.76 bits per heavy atom. The van der Waals surface area contributed by atoms with Crippen LogP contribution in [-0.2, 0) is 0 Å². The fourth-order valence-corrected chi connectivity index (χ4v) is 3.91. The van der Waals surface area contributed by atoms with Crippen molar-refractivity contribution >= 4 is 5.91 Å². The van der Waals surface area contributed by atoms with Gasteiger partial charge in [-0.05, 0) is 43.9 Å². The summed E-state index contributed by atoms with van der Waals surface area (Å²) in [5, 5.41) is 7.67. The van der Waals surface area contributed by atoms with E-state index in [1.165, 1.54) is 0 Å². The van der Waals surface area contributed by atoms with Crippen LogP contribution in [0.1, 0.15) is 42.1 Å². The molecule has 1 aromatic carbocycles. The number of carbonyl (C=O) groups excluding carboxylic acids is 1. The van der Waals surface area contributed by atoms with Gasteiger partial charge in [-0.15, -0.1) is 0 Å². The minimum Gasteiger partial charge on any atom is -0.454 e. The van der Waals surface area contributed by atoms with Gasteiger partial charge in [0.05, 0.1) is 24.1 Å². The Morgan fingerprint density at radius 2 is 1.93 bits per heavy atom. The molecule has 1 aliphatic heterocycles. The first-order valence-corrected chi connectivity index (χ1v) is 9.77. The van der Waals surface area contributed by atoms with E-state index in [1.54, 1.807) is 36.8 Å². The molecule has 3 aromatic rings. The van der Waals surface area contributed by atoms with Crippen LogP contribution in [0.15, 0.2) is 49.2 Å². The van der Waals surface area contributed by atoms with Gasteiger partial charge in [-0.25, -0.2) is 0 Å². The van der Waals surface area contributed by atoms with Gasteiger partial charge in [-0.2, -0.15) is 5.10 Å². The van der Waals surface area contributed by atoms with Gasteiger partial charge in [0.15, 0.2) is 11.5 Å². The number of hydrogen-bond donors (Lipinski definition) is 1. The SMILES string of the molecule is O=C(NC1CCC(n2cc(-c3cnccn3)cn2)CC1)c1ccc2c(c1)OCO2. The highest BCUT2D eigenvalue weighted by Gasteiger charge is 2.25. The summed E-state index contributed by atoms with van der Waals surface area (Å²) in [5.74, 6) is 1.23. The molecule has 2 aliphatic rings. The molecule has 0 spiro atoms. The fraction of sp³-hybridized carbons (Fsp3) is 0.333. The number of hydrogen-bond acceptors (Lipinski definition) is 6. The van der Waals surface area contributed by atoms with Crippen molar-refractivity contribution in [2.75, 3.05) is 6.79 Å². The first-order chi connectivity index (χ1) is 14.3. The summed E-state index contributed by atoms with van der Waals surface area (Å²) in [6.07, 6.45) is 12.7. The molecule has 0 unspecified atom stereocenters. The van der Waals surface area contributed by atoms with E-state index in [2.05, 4.69) is 20.4 Å². The molecule has 1 fully saturated rings. The van der Waals surface area contributed by atoms with E-state index in [-0.39, 0.29) is 18.7 Å². The van der Waals surface area contributed by atoms with Crippen molar-refractivity contribution in [3.05, 3.63) is 54.7 Å². The normalized spacial score (nSPS) is 20.4. The topological polar surface area (TPSA) is 91.2 Å². The lowest BCUT2D eigenvalue weighted by molar-refractivity contribution is 0.0921. The predicted octanol–water partition coefficient (Wildman–Crippen LogP) is 2.98. The molecular weight excluding hydrogens is 370 g/mol. The van der Waals surface area contributed by atoms with E-state index in [9.17, 15) is 4.79 Å². The Morgan fingerprint density at radius 1 is 1.07 bits per heavy atom. The van der Waals surface area contributed by atoms with Crippen LogP contribution in [0.3, 0.4) is 0 Å². The molecular formula is C21H21N5O3. The van der Waals surface area contributed by atoms with E-state index < -0.39 is 0 Å². The summed E-state index contributed by atoms with van der Waals surface area (Å²) >= 11 is 0. The summed E-state index contributed by atoms with van der Waals surface area (Å²) < 4.78 is 12.7. The van der Waals surface area contributed by atoms with Crippen LogP contribution in [0.4, 0.5) is 0 Å². The maximum absolute atomic E-state index is 12.6. The Bertz CT molecular complexity index is 1010. The van der Waals surface area contributed by atoms with Crippen LogP contribution in [0, 0.1) is 0 Å². The van der Waals surface area contributed by atoms with Gasteiger partial charge in [0.2, 0.25) is 6.79 Å². The van der Waals surface area contributed by atoms with Crippen molar-refractivity contribution < 1.29 is 14.3 Å². The number of ether oxygens (including phenoxy) is 2. The third-order valence-electron chi connectivity index (χ3n) is 5.50. The highest BCUT2D eigenvalue weighted by atomic mass is 16.7. The molecule has 2 aromatic heterocycles. The second kappa shape index (κ2) is 7.54. The highest BCUT2D eigenvalue weighted by Crippen LogP contribution is 2.33. The number of fused-ring (bicyclic) bond motifs is 1. The smallest absolute Gasteiger partial charge is 0.251 e. The Hall–Kier alpha value is -3.42. The van der Waals surface area contributed by atoms with Gasteiger partial charge in [0.1, 0.15) is 0 Å². The number of nitrogens with one attached hydrogen (secondary N) is 1. The van der Waals surface area contributed by atoms with E-state index in [1.807, 2.05) is 17.1 Å². The van der Waals surface area contributed by atoms with Crippen LogP contribution in [0.2, 0.25) is 0 Å². The number of aromatic nitrogens is 4. The molecule has 5 rings (SSSR count).